The van der Waals surface area contributed by atoms with Gasteiger partial charge < -0.3 is 4.98 Å². The van der Waals surface area contributed by atoms with E-state index in [1.807, 2.05) is 24.5 Å². The van der Waals surface area contributed by atoms with E-state index in [1.54, 1.807) is 0 Å². The minimum atomic E-state index is -0.221. The maximum absolute atomic E-state index is 13.4. The number of pyridine rings is 1. The van der Waals surface area contributed by atoms with Gasteiger partial charge in [-0.05, 0) is 66.3 Å². The van der Waals surface area contributed by atoms with Crippen LogP contribution in [-0.4, -0.2) is 16.2 Å². The summed E-state index contributed by atoms with van der Waals surface area (Å²) in [4.78, 5) is 12.4. The van der Waals surface area contributed by atoms with Gasteiger partial charge in [0, 0.05) is 35.5 Å². The number of halogens is 1. The molecule has 0 amide bonds. The van der Waals surface area contributed by atoms with Crippen LogP contribution >= 0.6 is 0 Å². The third-order valence-electron chi connectivity index (χ3n) is 5.99. The van der Waals surface area contributed by atoms with Crippen molar-refractivity contribution >= 4 is 28.5 Å². The van der Waals surface area contributed by atoms with Crippen LogP contribution in [0, 0.1) is 17.7 Å². The van der Waals surface area contributed by atoms with Crippen molar-refractivity contribution in [1.29, 1.82) is 0 Å². The molecule has 1 aromatic carbocycles. The van der Waals surface area contributed by atoms with Gasteiger partial charge in [0.15, 0.2) is 0 Å². The van der Waals surface area contributed by atoms with Crippen LogP contribution in [0.4, 0.5) is 4.39 Å². The van der Waals surface area contributed by atoms with Crippen LogP contribution in [-0.2, 0) is 0 Å². The van der Waals surface area contributed by atoms with E-state index in [-0.39, 0.29) is 5.82 Å². The van der Waals surface area contributed by atoms with Gasteiger partial charge in [-0.25, -0.2) is 9.37 Å². The largest absolute Gasteiger partial charge is 0.346 e. The smallest absolute Gasteiger partial charge is 0.137 e. The maximum atomic E-state index is 13.4. The molecule has 2 aliphatic rings. The van der Waals surface area contributed by atoms with Crippen LogP contribution in [0.1, 0.15) is 43.2 Å². The number of rotatable bonds is 5. The zero-order valence-electron chi connectivity index (χ0n) is 15.2. The molecule has 1 atom stereocenters. The standard InChI is InChI=1S/C23H22FN3/c24-18-8-6-16(7-9-18)22-21(17(14-27-22)5-4-15-2-1-3-15)19-10-12-25-23-20(19)11-13-26-23/h6-15,17H,1-5H2,(H,25,26). The molecule has 1 aliphatic carbocycles. The first-order chi connectivity index (χ1) is 13.3. The van der Waals surface area contributed by atoms with Crippen LogP contribution in [0.2, 0.25) is 0 Å². The SMILES string of the molecule is Fc1ccc(C2=C(c3ccnc4[nH]ccc34)C(CCC3CCC3)C=N2)cc1. The molecule has 1 fully saturated rings. The molecule has 3 aromatic rings. The van der Waals surface area contributed by atoms with Crippen LogP contribution in [0.25, 0.3) is 22.3 Å². The molecule has 1 aliphatic heterocycles. The minimum absolute atomic E-state index is 0.221. The van der Waals surface area contributed by atoms with Gasteiger partial charge in [0.1, 0.15) is 11.5 Å². The molecule has 2 aromatic heterocycles. The van der Waals surface area contributed by atoms with Crippen LogP contribution in [0.3, 0.4) is 0 Å². The number of fused-ring (bicyclic) bond motifs is 1. The van der Waals surface area contributed by atoms with E-state index in [2.05, 4.69) is 28.3 Å². The van der Waals surface area contributed by atoms with Gasteiger partial charge in [-0.1, -0.05) is 19.3 Å². The number of H-pyrrole nitrogens is 1. The lowest BCUT2D eigenvalue weighted by Gasteiger charge is -2.26. The molecule has 5 rings (SSSR count). The monoisotopic (exact) mass is 359 g/mol. The zero-order valence-corrected chi connectivity index (χ0v) is 15.2. The van der Waals surface area contributed by atoms with Crippen molar-refractivity contribution in [2.75, 3.05) is 0 Å². The van der Waals surface area contributed by atoms with Gasteiger partial charge in [0.25, 0.3) is 0 Å². The van der Waals surface area contributed by atoms with Gasteiger partial charge in [-0.3, -0.25) is 4.99 Å². The highest BCUT2D eigenvalue weighted by molar-refractivity contribution is 6.08. The number of hydrogen-bond donors (Lipinski definition) is 1. The highest BCUT2D eigenvalue weighted by atomic mass is 19.1. The summed E-state index contributed by atoms with van der Waals surface area (Å²) in [7, 11) is 0. The van der Waals surface area contributed by atoms with Crippen molar-refractivity contribution in [2.24, 2.45) is 16.8 Å². The molecule has 0 saturated heterocycles. The fourth-order valence-corrected chi connectivity index (χ4v) is 4.26. The summed E-state index contributed by atoms with van der Waals surface area (Å²) < 4.78 is 13.4. The van der Waals surface area contributed by atoms with Crippen molar-refractivity contribution in [3.8, 4) is 0 Å². The number of nitrogens with one attached hydrogen (secondary N) is 1. The lowest BCUT2D eigenvalue weighted by atomic mass is 9.78. The lowest BCUT2D eigenvalue weighted by molar-refractivity contribution is 0.287. The predicted molar refractivity (Wildman–Crippen MR) is 108 cm³/mol. The summed E-state index contributed by atoms with van der Waals surface area (Å²) in [5, 5.41) is 1.12. The Morgan fingerprint density at radius 1 is 1.04 bits per heavy atom. The number of hydrogen-bond acceptors (Lipinski definition) is 2. The molecule has 4 heteroatoms. The molecule has 27 heavy (non-hydrogen) atoms. The second-order valence-corrected chi connectivity index (χ2v) is 7.63. The number of benzene rings is 1. The first-order valence-electron chi connectivity index (χ1n) is 9.76. The second kappa shape index (κ2) is 6.76. The minimum Gasteiger partial charge on any atom is -0.346 e. The summed E-state index contributed by atoms with van der Waals surface area (Å²) in [5.41, 5.74) is 5.24. The van der Waals surface area contributed by atoms with E-state index < -0.39 is 0 Å². The van der Waals surface area contributed by atoms with Crippen molar-refractivity contribution in [2.45, 2.75) is 32.1 Å². The first kappa shape index (κ1) is 16.4. The summed E-state index contributed by atoms with van der Waals surface area (Å²) in [6, 6.07) is 10.8. The fourth-order valence-electron chi connectivity index (χ4n) is 4.26. The second-order valence-electron chi connectivity index (χ2n) is 7.63. The Bertz CT molecular complexity index is 1030. The number of aromatic nitrogens is 2. The average molecular weight is 359 g/mol. The topological polar surface area (TPSA) is 41.0 Å². The molecular weight excluding hydrogens is 337 g/mol. The Kier molecular flexibility index (Phi) is 4.12. The first-order valence-corrected chi connectivity index (χ1v) is 9.76. The summed E-state index contributed by atoms with van der Waals surface area (Å²) in [6.45, 7) is 0. The van der Waals surface area contributed by atoms with E-state index in [0.29, 0.717) is 5.92 Å². The quantitative estimate of drug-likeness (QED) is 0.610. The number of aromatic amines is 1. The summed E-state index contributed by atoms with van der Waals surface area (Å²) in [6.07, 6.45) is 12.3. The predicted octanol–water partition coefficient (Wildman–Crippen LogP) is 5.85. The fraction of sp³-hybridized carbons (Fsp3) is 0.304. The molecule has 1 saturated carbocycles. The molecule has 136 valence electrons. The molecule has 0 bridgehead atoms. The highest BCUT2D eigenvalue weighted by Gasteiger charge is 2.28. The van der Waals surface area contributed by atoms with Gasteiger partial charge >= 0.3 is 0 Å². The normalized spacial score (nSPS) is 19.8. The molecule has 1 unspecified atom stereocenters. The van der Waals surface area contributed by atoms with E-state index in [9.17, 15) is 4.39 Å². The molecular formula is C23H22FN3. The third-order valence-corrected chi connectivity index (χ3v) is 5.99. The van der Waals surface area contributed by atoms with Crippen molar-refractivity contribution in [1.82, 2.24) is 9.97 Å². The van der Waals surface area contributed by atoms with Gasteiger partial charge in [0.05, 0.1) is 5.70 Å². The van der Waals surface area contributed by atoms with Gasteiger partial charge in [-0.15, -0.1) is 0 Å². The Balaban J connectivity index is 1.60. The molecule has 0 radical (unpaired) electrons. The lowest BCUT2D eigenvalue weighted by Crippen LogP contribution is -2.13. The third kappa shape index (κ3) is 2.99. The molecule has 3 nitrogen and oxygen atoms in total. The van der Waals surface area contributed by atoms with E-state index in [1.165, 1.54) is 49.0 Å². The zero-order chi connectivity index (χ0) is 18.2. The maximum Gasteiger partial charge on any atom is 0.137 e. The summed E-state index contributed by atoms with van der Waals surface area (Å²) in [5.74, 6) is 0.951. The Morgan fingerprint density at radius 2 is 1.89 bits per heavy atom. The summed E-state index contributed by atoms with van der Waals surface area (Å²) >= 11 is 0. The van der Waals surface area contributed by atoms with Crippen molar-refractivity contribution in [3.63, 3.8) is 0 Å². The van der Waals surface area contributed by atoms with Gasteiger partial charge in [-0.2, -0.15) is 0 Å². The van der Waals surface area contributed by atoms with Crippen molar-refractivity contribution < 1.29 is 4.39 Å². The van der Waals surface area contributed by atoms with E-state index in [0.717, 1.165) is 34.6 Å². The number of nitrogens with zero attached hydrogens (tertiary/aromatic N) is 2. The average Bonchev–Trinajstić information content (AvgIpc) is 3.28. The Labute approximate surface area is 158 Å². The van der Waals surface area contributed by atoms with E-state index >= 15 is 0 Å². The molecule has 0 spiro atoms. The molecule has 3 heterocycles. The van der Waals surface area contributed by atoms with Crippen LogP contribution < -0.4 is 0 Å². The van der Waals surface area contributed by atoms with Crippen LogP contribution in [0.5, 0.6) is 0 Å². The highest BCUT2D eigenvalue weighted by Crippen LogP contribution is 2.42. The number of allylic oxidation sites excluding steroid dienone is 1. The number of aliphatic imine (C=N–C) groups is 1. The van der Waals surface area contributed by atoms with Crippen molar-refractivity contribution in [3.05, 3.63) is 65.7 Å². The molecule has 1 N–H and O–H groups in total. The van der Waals surface area contributed by atoms with E-state index in [4.69, 9.17) is 4.99 Å². The Hall–Kier alpha value is -2.75. The Morgan fingerprint density at radius 3 is 2.67 bits per heavy atom. The van der Waals surface area contributed by atoms with Gasteiger partial charge in [0.2, 0.25) is 0 Å². The van der Waals surface area contributed by atoms with Crippen LogP contribution in [0.15, 0.2) is 53.8 Å².